The van der Waals surface area contributed by atoms with Crippen molar-refractivity contribution in [2.75, 3.05) is 5.43 Å². The van der Waals surface area contributed by atoms with Crippen LogP contribution in [0, 0.1) is 6.92 Å². The Labute approximate surface area is 107 Å². The van der Waals surface area contributed by atoms with Crippen LogP contribution in [-0.2, 0) is 0 Å². The summed E-state index contributed by atoms with van der Waals surface area (Å²) in [6, 6.07) is 0.0832. The zero-order valence-electron chi connectivity index (χ0n) is 10.2. The van der Waals surface area contributed by atoms with E-state index in [1.165, 1.54) is 11.0 Å². The van der Waals surface area contributed by atoms with Crippen LogP contribution >= 0.6 is 11.3 Å². The first kappa shape index (κ1) is 12.6. The normalized spacial score (nSPS) is 11.1. The Hall–Kier alpha value is -1.89. The lowest BCUT2D eigenvalue weighted by molar-refractivity contribution is 0.0701. The van der Waals surface area contributed by atoms with Gasteiger partial charge in [-0.15, -0.1) is 11.3 Å². The van der Waals surface area contributed by atoms with Crippen LogP contribution < -0.4 is 11.0 Å². The maximum atomic E-state index is 12.2. The molecule has 96 valence electrons. The van der Waals surface area contributed by atoms with Gasteiger partial charge in [-0.1, -0.05) is 0 Å². The van der Waals surface area contributed by atoms with Crippen LogP contribution in [0.25, 0.3) is 10.2 Å². The van der Waals surface area contributed by atoms with Crippen molar-refractivity contribution in [2.45, 2.75) is 26.8 Å². The summed E-state index contributed by atoms with van der Waals surface area (Å²) < 4.78 is 1.29. The summed E-state index contributed by atoms with van der Waals surface area (Å²) in [5, 5.41) is 9.40. The molecule has 0 bridgehead atoms. The topological polar surface area (TPSA) is 84.2 Å². The van der Waals surface area contributed by atoms with Gasteiger partial charge in [0.25, 0.3) is 5.56 Å². The van der Waals surface area contributed by atoms with E-state index in [-0.39, 0.29) is 16.5 Å². The number of aromatic nitrogens is 2. The van der Waals surface area contributed by atoms with E-state index in [1.807, 2.05) is 13.8 Å². The number of hydrogen-bond donors (Lipinski definition) is 2. The molecule has 0 spiro atoms. The third-order valence-corrected chi connectivity index (χ3v) is 3.63. The minimum absolute atomic E-state index is 0.0832. The van der Waals surface area contributed by atoms with Crippen molar-refractivity contribution in [1.82, 2.24) is 9.66 Å². The van der Waals surface area contributed by atoms with E-state index in [4.69, 9.17) is 5.11 Å². The highest BCUT2D eigenvalue weighted by Crippen LogP contribution is 2.26. The number of rotatable bonds is 3. The quantitative estimate of drug-likeness (QED) is 0.878. The van der Waals surface area contributed by atoms with Crippen molar-refractivity contribution in [3.05, 3.63) is 27.1 Å². The fourth-order valence-corrected chi connectivity index (χ4v) is 2.68. The van der Waals surface area contributed by atoms with Crippen LogP contribution in [0.2, 0.25) is 0 Å². The predicted octanol–water partition coefficient (Wildman–Crippen LogP) is 1.42. The largest absolute Gasteiger partial charge is 0.477 e. The van der Waals surface area contributed by atoms with Gasteiger partial charge in [-0.2, -0.15) is 0 Å². The average Bonchev–Trinajstić information content (AvgIpc) is 2.60. The Morgan fingerprint density at radius 1 is 1.56 bits per heavy atom. The molecular formula is C11H13N3O3S. The molecule has 2 N–H and O–H groups in total. The van der Waals surface area contributed by atoms with E-state index in [0.717, 1.165) is 11.3 Å². The van der Waals surface area contributed by atoms with Gasteiger partial charge in [-0.25, -0.2) is 14.5 Å². The molecule has 18 heavy (non-hydrogen) atoms. The molecular weight excluding hydrogens is 254 g/mol. The van der Waals surface area contributed by atoms with E-state index < -0.39 is 5.97 Å². The molecule has 0 unspecified atom stereocenters. The number of carboxylic acids is 1. The molecule has 0 aliphatic carbocycles. The van der Waals surface area contributed by atoms with Gasteiger partial charge in [0, 0.05) is 6.04 Å². The maximum Gasteiger partial charge on any atom is 0.346 e. The van der Waals surface area contributed by atoms with Gasteiger partial charge in [-0.05, 0) is 26.3 Å². The summed E-state index contributed by atoms with van der Waals surface area (Å²) >= 11 is 1.02. The van der Waals surface area contributed by atoms with Crippen LogP contribution in [0.3, 0.4) is 0 Å². The second kappa shape index (κ2) is 4.41. The molecule has 2 rings (SSSR count). The molecule has 0 saturated carbocycles. The van der Waals surface area contributed by atoms with Gasteiger partial charge in [0.2, 0.25) is 0 Å². The number of carboxylic acid groups (broad SMARTS) is 1. The number of aryl methyl sites for hydroxylation is 1. The molecule has 0 aliphatic rings. The van der Waals surface area contributed by atoms with Crippen LogP contribution in [0.15, 0.2) is 11.1 Å². The van der Waals surface area contributed by atoms with Crippen molar-refractivity contribution < 1.29 is 9.90 Å². The molecule has 0 radical (unpaired) electrons. The highest BCUT2D eigenvalue weighted by molar-refractivity contribution is 7.20. The number of aromatic carboxylic acids is 1. The minimum atomic E-state index is -1.03. The van der Waals surface area contributed by atoms with Gasteiger partial charge >= 0.3 is 5.97 Å². The maximum absolute atomic E-state index is 12.2. The van der Waals surface area contributed by atoms with Crippen LogP contribution in [0.4, 0.5) is 0 Å². The average molecular weight is 267 g/mol. The molecule has 0 saturated heterocycles. The third kappa shape index (κ3) is 1.97. The summed E-state index contributed by atoms with van der Waals surface area (Å²) in [5.74, 6) is -1.03. The summed E-state index contributed by atoms with van der Waals surface area (Å²) in [6.45, 7) is 5.44. The number of nitrogens with zero attached hydrogens (tertiary/aromatic N) is 2. The molecule has 0 aliphatic heterocycles. The summed E-state index contributed by atoms with van der Waals surface area (Å²) in [7, 11) is 0. The number of thiophene rings is 1. The van der Waals surface area contributed by atoms with Crippen molar-refractivity contribution in [1.29, 1.82) is 0 Å². The molecule has 0 amide bonds. The van der Waals surface area contributed by atoms with Gasteiger partial charge < -0.3 is 10.5 Å². The first-order chi connectivity index (χ1) is 8.41. The monoisotopic (exact) mass is 267 g/mol. The SMILES string of the molecule is Cc1c(C(=O)O)sc2ncn(NC(C)C)c(=O)c12. The highest BCUT2D eigenvalue weighted by Gasteiger charge is 2.18. The van der Waals surface area contributed by atoms with Gasteiger partial charge in [-0.3, -0.25) is 4.79 Å². The Morgan fingerprint density at radius 2 is 2.22 bits per heavy atom. The lowest BCUT2D eigenvalue weighted by atomic mass is 10.2. The number of hydrogen-bond acceptors (Lipinski definition) is 5. The smallest absolute Gasteiger partial charge is 0.346 e. The Morgan fingerprint density at radius 3 is 2.78 bits per heavy atom. The third-order valence-electron chi connectivity index (χ3n) is 2.44. The number of carbonyl (C=O) groups is 1. The first-order valence-corrected chi connectivity index (χ1v) is 6.24. The molecule has 0 atom stereocenters. The standard InChI is InChI=1S/C11H13N3O3S/c1-5(2)13-14-4-12-9-7(10(14)15)6(3)8(18-9)11(16)17/h4-5,13H,1-3H3,(H,16,17). The van der Waals surface area contributed by atoms with E-state index in [0.29, 0.717) is 15.8 Å². The fraction of sp³-hybridized carbons (Fsp3) is 0.364. The van der Waals surface area contributed by atoms with Gasteiger partial charge in [0.05, 0.1) is 5.39 Å². The van der Waals surface area contributed by atoms with Gasteiger partial charge in [0.15, 0.2) is 0 Å². The van der Waals surface area contributed by atoms with Crippen LogP contribution in [0.1, 0.15) is 29.1 Å². The molecule has 2 aromatic heterocycles. The predicted molar refractivity (Wildman–Crippen MR) is 70.1 cm³/mol. The second-order valence-corrected chi connectivity index (χ2v) is 5.24. The van der Waals surface area contributed by atoms with E-state index in [2.05, 4.69) is 10.4 Å². The lowest BCUT2D eigenvalue weighted by Gasteiger charge is -2.11. The fourth-order valence-electron chi connectivity index (χ4n) is 1.70. The lowest BCUT2D eigenvalue weighted by Crippen LogP contribution is -2.33. The zero-order valence-corrected chi connectivity index (χ0v) is 11.0. The molecule has 7 heteroatoms. The Balaban J connectivity index is 2.70. The van der Waals surface area contributed by atoms with E-state index in [1.54, 1.807) is 6.92 Å². The first-order valence-electron chi connectivity index (χ1n) is 5.42. The van der Waals surface area contributed by atoms with E-state index >= 15 is 0 Å². The number of nitrogens with one attached hydrogen (secondary N) is 1. The Kier molecular flexibility index (Phi) is 3.08. The molecule has 2 heterocycles. The van der Waals surface area contributed by atoms with Crippen LogP contribution in [0.5, 0.6) is 0 Å². The second-order valence-electron chi connectivity index (χ2n) is 4.25. The van der Waals surface area contributed by atoms with Crippen molar-refractivity contribution in [2.24, 2.45) is 0 Å². The summed E-state index contributed by atoms with van der Waals surface area (Å²) in [4.78, 5) is 28.0. The highest BCUT2D eigenvalue weighted by atomic mass is 32.1. The summed E-state index contributed by atoms with van der Waals surface area (Å²) in [5.41, 5.74) is 3.13. The molecule has 0 aromatic carbocycles. The zero-order chi connectivity index (χ0) is 13.4. The van der Waals surface area contributed by atoms with Crippen LogP contribution in [-0.4, -0.2) is 26.8 Å². The van der Waals surface area contributed by atoms with Crippen molar-refractivity contribution in [3.8, 4) is 0 Å². The van der Waals surface area contributed by atoms with E-state index in [9.17, 15) is 9.59 Å². The van der Waals surface area contributed by atoms with Gasteiger partial charge in [0.1, 0.15) is 16.0 Å². The molecule has 0 fully saturated rings. The molecule has 6 nitrogen and oxygen atoms in total. The minimum Gasteiger partial charge on any atom is -0.477 e. The van der Waals surface area contributed by atoms with Crippen molar-refractivity contribution >= 4 is 27.5 Å². The number of fused-ring (bicyclic) bond motifs is 1. The molecule has 2 aromatic rings. The Bertz CT molecular complexity index is 672. The van der Waals surface area contributed by atoms with Crippen molar-refractivity contribution in [3.63, 3.8) is 0 Å². The summed E-state index contributed by atoms with van der Waals surface area (Å²) in [6.07, 6.45) is 1.38.